The van der Waals surface area contributed by atoms with Crippen molar-refractivity contribution in [2.75, 3.05) is 5.32 Å². The number of halogens is 1. The highest BCUT2D eigenvalue weighted by molar-refractivity contribution is 7.80. The molecule has 0 unspecified atom stereocenters. The molecule has 0 fully saturated rings. The predicted octanol–water partition coefficient (Wildman–Crippen LogP) is 3.82. The van der Waals surface area contributed by atoms with Crippen LogP contribution >= 0.6 is 12.2 Å². The Morgan fingerprint density at radius 2 is 1.63 bits per heavy atom. The first-order valence-corrected chi connectivity index (χ1v) is 6.32. The van der Waals surface area contributed by atoms with Crippen molar-refractivity contribution >= 4 is 28.6 Å². The first-order valence-electron chi connectivity index (χ1n) is 5.91. The van der Waals surface area contributed by atoms with E-state index in [4.69, 9.17) is 18.0 Å². The summed E-state index contributed by atoms with van der Waals surface area (Å²) in [5, 5.41) is 3.06. The van der Waals surface area contributed by atoms with Crippen LogP contribution < -0.4 is 11.1 Å². The summed E-state index contributed by atoms with van der Waals surface area (Å²) in [5.74, 6) is -0.305. The molecule has 0 amide bonds. The summed E-state index contributed by atoms with van der Waals surface area (Å²) in [6, 6.07) is 10.6. The maximum atomic E-state index is 13.8. The van der Waals surface area contributed by atoms with Crippen LogP contribution in [0.1, 0.15) is 16.7 Å². The molecule has 0 aliphatic heterocycles. The summed E-state index contributed by atoms with van der Waals surface area (Å²) in [7, 11) is 0. The Morgan fingerprint density at radius 1 is 1.05 bits per heavy atom. The van der Waals surface area contributed by atoms with Crippen molar-refractivity contribution in [1.82, 2.24) is 0 Å². The molecule has 0 heterocycles. The lowest BCUT2D eigenvalue weighted by molar-refractivity contribution is 0.631. The van der Waals surface area contributed by atoms with E-state index in [9.17, 15) is 4.39 Å². The van der Waals surface area contributed by atoms with E-state index in [0.29, 0.717) is 11.3 Å². The van der Waals surface area contributed by atoms with Gasteiger partial charge in [-0.15, -0.1) is 0 Å². The van der Waals surface area contributed by atoms with E-state index in [1.807, 2.05) is 32.0 Å². The van der Waals surface area contributed by atoms with Crippen LogP contribution in [0.2, 0.25) is 0 Å². The molecule has 2 nitrogen and oxygen atoms in total. The van der Waals surface area contributed by atoms with Crippen molar-refractivity contribution in [1.29, 1.82) is 0 Å². The van der Waals surface area contributed by atoms with E-state index in [-0.39, 0.29) is 10.8 Å². The van der Waals surface area contributed by atoms with Crippen molar-refractivity contribution in [2.45, 2.75) is 13.8 Å². The molecule has 0 aliphatic carbocycles. The Labute approximate surface area is 117 Å². The molecule has 0 bridgehead atoms. The first-order chi connectivity index (χ1) is 8.97. The average Bonchev–Trinajstić information content (AvgIpc) is 2.33. The number of benzene rings is 2. The van der Waals surface area contributed by atoms with Gasteiger partial charge in [-0.3, -0.25) is 0 Å². The second kappa shape index (κ2) is 5.36. The Hall–Kier alpha value is -1.94. The lowest BCUT2D eigenvalue weighted by atomic mass is 10.1. The molecule has 19 heavy (non-hydrogen) atoms. The number of rotatable bonds is 3. The van der Waals surface area contributed by atoms with E-state index < -0.39 is 0 Å². The van der Waals surface area contributed by atoms with Gasteiger partial charge in [-0.25, -0.2) is 4.39 Å². The van der Waals surface area contributed by atoms with Gasteiger partial charge in [0.05, 0.1) is 5.69 Å². The molecule has 98 valence electrons. The maximum Gasteiger partial charge on any atom is 0.146 e. The molecule has 0 saturated heterocycles. The molecule has 0 atom stereocenters. The molecule has 2 aromatic rings. The van der Waals surface area contributed by atoms with Gasteiger partial charge in [0.25, 0.3) is 0 Å². The van der Waals surface area contributed by atoms with Gasteiger partial charge in [-0.2, -0.15) is 0 Å². The van der Waals surface area contributed by atoms with E-state index in [1.165, 1.54) is 6.07 Å². The second-order valence-electron chi connectivity index (χ2n) is 4.52. The van der Waals surface area contributed by atoms with Crippen LogP contribution in [0.5, 0.6) is 0 Å². The Morgan fingerprint density at radius 3 is 2.26 bits per heavy atom. The van der Waals surface area contributed by atoms with Crippen molar-refractivity contribution in [3.63, 3.8) is 0 Å². The summed E-state index contributed by atoms with van der Waals surface area (Å²) in [5.41, 5.74) is 9.56. The summed E-state index contributed by atoms with van der Waals surface area (Å²) < 4.78 is 13.8. The number of aryl methyl sites for hydroxylation is 2. The molecule has 2 rings (SSSR count). The topological polar surface area (TPSA) is 38.0 Å². The molecule has 0 spiro atoms. The molecule has 0 aromatic heterocycles. The van der Waals surface area contributed by atoms with Gasteiger partial charge < -0.3 is 11.1 Å². The molecule has 0 aliphatic rings. The average molecular weight is 274 g/mol. The van der Waals surface area contributed by atoms with Crippen LogP contribution in [0, 0.1) is 19.7 Å². The Balaban J connectivity index is 2.45. The summed E-state index contributed by atoms with van der Waals surface area (Å²) in [4.78, 5) is 0.288. The van der Waals surface area contributed by atoms with Crippen LogP contribution in [-0.4, -0.2) is 4.99 Å². The third kappa shape index (κ3) is 3.09. The highest BCUT2D eigenvalue weighted by Gasteiger charge is 2.08. The Kier molecular flexibility index (Phi) is 3.81. The predicted molar refractivity (Wildman–Crippen MR) is 81.5 cm³/mol. The minimum Gasteiger partial charge on any atom is -0.389 e. The fourth-order valence-electron chi connectivity index (χ4n) is 1.86. The minimum atomic E-state index is -0.305. The molecule has 0 radical (unpaired) electrons. The third-order valence-electron chi connectivity index (χ3n) is 2.83. The van der Waals surface area contributed by atoms with Crippen molar-refractivity contribution in [2.24, 2.45) is 5.73 Å². The van der Waals surface area contributed by atoms with Gasteiger partial charge in [0.2, 0.25) is 0 Å². The largest absolute Gasteiger partial charge is 0.389 e. The van der Waals surface area contributed by atoms with Gasteiger partial charge >= 0.3 is 0 Å². The van der Waals surface area contributed by atoms with Crippen LogP contribution in [0.15, 0.2) is 36.4 Å². The van der Waals surface area contributed by atoms with Crippen molar-refractivity contribution < 1.29 is 4.39 Å². The molecule has 3 N–H and O–H groups in total. The third-order valence-corrected chi connectivity index (χ3v) is 3.05. The van der Waals surface area contributed by atoms with Gasteiger partial charge in [0.1, 0.15) is 10.8 Å². The molecule has 0 saturated carbocycles. The standard InChI is InChI=1S/C15H15FN2S/c1-9-3-5-11(15(17)19)13(7-9)18-14-8-10(2)4-6-12(14)16/h3-8,18H,1-2H3,(H2,17,19). The summed E-state index contributed by atoms with van der Waals surface area (Å²) in [6.45, 7) is 3.87. The zero-order valence-electron chi connectivity index (χ0n) is 10.8. The molecular weight excluding hydrogens is 259 g/mol. The number of nitrogens with two attached hydrogens (primary N) is 1. The number of hydrogen-bond acceptors (Lipinski definition) is 2. The first kappa shape index (κ1) is 13.5. The monoisotopic (exact) mass is 274 g/mol. The van der Waals surface area contributed by atoms with Crippen LogP contribution in [0.4, 0.5) is 15.8 Å². The number of nitrogens with one attached hydrogen (secondary N) is 1. The fraction of sp³-hybridized carbons (Fsp3) is 0.133. The molecule has 2 aromatic carbocycles. The van der Waals surface area contributed by atoms with E-state index in [2.05, 4.69) is 5.32 Å². The normalized spacial score (nSPS) is 10.3. The van der Waals surface area contributed by atoms with Gasteiger partial charge in [-0.05, 0) is 49.2 Å². The van der Waals surface area contributed by atoms with Gasteiger partial charge in [0, 0.05) is 11.3 Å². The number of hydrogen-bond donors (Lipinski definition) is 2. The van der Waals surface area contributed by atoms with E-state index in [0.717, 1.165) is 16.8 Å². The highest BCUT2D eigenvalue weighted by Crippen LogP contribution is 2.25. The molecular formula is C15H15FN2S. The SMILES string of the molecule is Cc1ccc(F)c(Nc2cc(C)ccc2C(N)=S)c1. The number of thiocarbonyl (C=S) groups is 1. The smallest absolute Gasteiger partial charge is 0.146 e. The van der Waals surface area contributed by atoms with E-state index in [1.54, 1.807) is 12.1 Å². The van der Waals surface area contributed by atoms with Gasteiger partial charge in [0.15, 0.2) is 0 Å². The molecule has 4 heteroatoms. The summed E-state index contributed by atoms with van der Waals surface area (Å²) >= 11 is 5.01. The summed E-state index contributed by atoms with van der Waals surface area (Å²) in [6.07, 6.45) is 0. The lowest BCUT2D eigenvalue weighted by Gasteiger charge is -2.13. The van der Waals surface area contributed by atoms with Crippen LogP contribution in [0.25, 0.3) is 0 Å². The van der Waals surface area contributed by atoms with Crippen LogP contribution in [-0.2, 0) is 0 Å². The quantitative estimate of drug-likeness (QED) is 0.836. The van der Waals surface area contributed by atoms with Gasteiger partial charge in [-0.1, -0.05) is 24.4 Å². The zero-order chi connectivity index (χ0) is 14.0. The second-order valence-corrected chi connectivity index (χ2v) is 4.96. The maximum absolute atomic E-state index is 13.8. The van der Waals surface area contributed by atoms with Crippen LogP contribution in [0.3, 0.4) is 0 Å². The minimum absolute atomic E-state index is 0.288. The Bertz CT molecular complexity index is 638. The van der Waals surface area contributed by atoms with Crippen molar-refractivity contribution in [3.8, 4) is 0 Å². The number of anilines is 2. The fourth-order valence-corrected chi connectivity index (χ4v) is 2.03. The highest BCUT2D eigenvalue weighted by atomic mass is 32.1. The lowest BCUT2D eigenvalue weighted by Crippen LogP contribution is -2.12. The van der Waals surface area contributed by atoms with Crippen molar-refractivity contribution in [3.05, 3.63) is 58.9 Å². The zero-order valence-corrected chi connectivity index (χ0v) is 11.6. The van der Waals surface area contributed by atoms with E-state index >= 15 is 0 Å².